The van der Waals surface area contributed by atoms with Gasteiger partial charge in [-0.15, -0.1) is 0 Å². The third-order valence-corrected chi connectivity index (χ3v) is 22.4. The van der Waals surface area contributed by atoms with Crippen LogP contribution in [-0.2, 0) is 0 Å². The van der Waals surface area contributed by atoms with Gasteiger partial charge in [0.15, 0.2) is 16.5 Å². The maximum atomic E-state index is 10.8. The zero-order chi connectivity index (χ0) is 41.1. The van der Waals surface area contributed by atoms with E-state index in [0.29, 0.717) is 5.04 Å². The minimum Gasteiger partial charge on any atom is -0.384 e. The maximum Gasteiger partial charge on any atom is 0.163 e. The van der Waals surface area contributed by atoms with Gasteiger partial charge in [0.05, 0.1) is 0 Å². The summed E-state index contributed by atoms with van der Waals surface area (Å²) in [6.45, 7) is 23.4. The van der Waals surface area contributed by atoms with Gasteiger partial charge >= 0.3 is 0 Å². The Kier molecular flexibility index (Phi) is 13.5. The molecule has 6 aromatic rings. The molecule has 4 heterocycles. The van der Waals surface area contributed by atoms with Gasteiger partial charge < -0.3 is 23.4 Å². The summed E-state index contributed by atoms with van der Waals surface area (Å²) in [6, 6.07) is 23.9. The molecule has 0 saturated carbocycles. The number of aromatic nitrogens is 4. The van der Waals surface area contributed by atoms with Crippen molar-refractivity contribution in [3.05, 3.63) is 119 Å². The third kappa shape index (κ3) is 9.86. The van der Waals surface area contributed by atoms with Crippen molar-refractivity contribution < 1.29 is 9.90 Å². The number of hydrogen-bond acceptors (Lipinski definition) is 6. The highest BCUT2D eigenvalue weighted by atomic mass is 79.9. The number of nitrogens with zero attached hydrogens (tertiary/aromatic N) is 6. The fraction of sp³-hybridized carbons (Fsp3) is 0.386. The third-order valence-electron chi connectivity index (χ3n) is 11.5. The first kappa shape index (κ1) is 43.7. The molecule has 55 heavy (non-hydrogen) atoms. The van der Waals surface area contributed by atoms with E-state index in [0.717, 1.165) is 55.5 Å². The molecule has 1 N–H and O–H groups in total. The zero-order valence-electron chi connectivity index (χ0n) is 35.3. The topological polar surface area (TPSA) is 79.4 Å². The second kappa shape index (κ2) is 17.0. The van der Waals surface area contributed by atoms with E-state index in [1.165, 1.54) is 5.39 Å². The van der Waals surface area contributed by atoms with Gasteiger partial charge in [-0.3, -0.25) is 4.79 Å². The van der Waals surface area contributed by atoms with Gasteiger partial charge in [0.2, 0.25) is 0 Å². The molecule has 6 rings (SSSR count). The lowest BCUT2D eigenvalue weighted by atomic mass is 10.0. The summed E-state index contributed by atoms with van der Waals surface area (Å²) in [7, 11) is 4.65. The van der Waals surface area contributed by atoms with E-state index in [2.05, 4.69) is 134 Å². The first-order chi connectivity index (χ1) is 25.5. The quantitative estimate of drug-likeness (QED) is 0.127. The molecule has 0 fully saturated rings. The minimum atomic E-state index is -1.73. The molecular formula is C44H61BrN6O2Si2. The van der Waals surface area contributed by atoms with Crippen LogP contribution in [0.3, 0.4) is 0 Å². The van der Waals surface area contributed by atoms with Gasteiger partial charge in [-0.2, -0.15) is 0 Å². The van der Waals surface area contributed by atoms with Crippen LogP contribution in [0.1, 0.15) is 69.1 Å². The van der Waals surface area contributed by atoms with Crippen molar-refractivity contribution in [1.82, 2.24) is 18.4 Å². The molecule has 0 amide bonds. The van der Waals surface area contributed by atoms with Crippen molar-refractivity contribution in [3.8, 4) is 0 Å². The first-order valence-corrected chi connectivity index (χ1v) is 25.5. The van der Waals surface area contributed by atoms with Crippen molar-refractivity contribution in [2.75, 3.05) is 38.0 Å². The maximum absolute atomic E-state index is 10.8. The van der Waals surface area contributed by atoms with Crippen LogP contribution in [0.5, 0.6) is 0 Å². The van der Waals surface area contributed by atoms with Gasteiger partial charge in [-0.25, -0.2) is 9.97 Å². The first-order valence-electron chi connectivity index (χ1n) is 18.8. The summed E-state index contributed by atoms with van der Waals surface area (Å²) in [6.07, 6.45) is 8.23. The number of fused-ring (bicyclic) bond motifs is 2. The van der Waals surface area contributed by atoms with Crippen LogP contribution in [-0.4, -0.2) is 74.5 Å². The van der Waals surface area contributed by atoms with Crippen molar-refractivity contribution in [1.29, 1.82) is 0 Å². The Balaban J connectivity index is 0.000000204. The SMILES string of the molecule is CC(C)(C)[Si](C)(C)n1ccc2cc(Br)cnc21.CN(C)c1ccc(C(O)c2cnc3c(ccn3[Si](C)(C)C(C)(C)C)c2)cc1.CN(C)c1ccc(C=O)cc1. The summed E-state index contributed by atoms with van der Waals surface area (Å²) < 4.78 is 5.83. The predicted molar refractivity (Wildman–Crippen MR) is 243 cm³/mol. The number of anilines is 2. The smallest absolute Gasteiger partial charge is 0.163 e. The molecular weight excluding hydrogens is 781 g/mol. The Morgan fingerprint density at radius 3 is 1.49 bits per heavy atom. The van der Waals surface area contributed by atoms with Crippen LogP contribution in [0.2, 0.25) is 36.3 Å². The number of aliphatic hydroxyl groups is 1. The summed E-state index contributed by atoms with van der Waals surface area (Å²) in [4.78, 5) is 23.6. The molecule has 1 unspecified atom stereocenters. The van der Waals surface area contributed by atoms with Gasteiger partial charge in [0, 0.05) is 78.3 Å². The number of carbonyl (C=O) groups excluding carboxylic acids is 1. The van der Waals surface area contributed by atoms with Crippen LogP contribution in [0.15, 0.2) is 102 Å². The van der Waals surface area contributed by atoms with Gasteiger partial charge in [0.25, 0.3) is 0 Å². The normalized spacial score (nSPS) is 12.7. The lowest BCUT2D eigenvalue weighted by Crippen LogP contribution is -2.45. The van der Waals surface area contributed by atoms with Crippen molar-refractivity contribution in [2.45, 2.75) is 83.9 Å². The Labute approximate surface area is 339 Å². The monoisotopic (exact) mass is 840 g/mol. The van der Waals surface area contributed by atoms with Gasteiger partial charge in [0.1, 0.15) is 23.7 Å². The van der Waals surface area contributed by atoms with Crippen LogP contribution < -0.4 is 9.80 Å². The molecule has 4 aromatic heterocycles. The van der Waals surface area contributed by atoms with E-state index >= 15 is 0 Å². The number of benzene rings is 2. The van der Waals surface area contributed by atoms with Crippen molar-refractivity contribution in [2.24, 2.45) is 0 Å². The van der Waals surface area contributed by atoms with Crippen LogP contribution >= 0.6 is 15.9 Å². The number of carbonyl (C=O) groups is 1. The molecule has 0 radical (unpaired) electrons. The van der Waals surface area contributed by atoms with Crippen molar-refractivity contribution >= 4 is 72.1 Å². The van der Waals surface area contributed by atoms with Gasteiger partial charge in [-0.1, -0.05) is 79.9 Å². The molecule has 1 atom stereocenters. The second-order valence-corrected chi connectivity index (χ2v) is 28.8. The summed E-state index contributed by atoms with van der Waals surface area (Å²) in [5.74, 6) is 0. The molecule has 294 valence electrons. The highest BCUT2D eigenvalue weighted by Gasteiger charge is 2.39. The Morgan fingerprint density at radius 2 is 1.07 bits per heavy atom. The molecule has 2 aromatic carbocycles. The molecule has 0 saturated heterocycles. The predicted octanol–water partition coefficient (Wildman–Crippen LogP) is 11.3. The number of aldehydes is 1. The largest absolute Gasteiger partial charge is 0.384 e. The Hall–Kier alpha value is -4.04. The molecule has 0 bridgehead atoms. The molecule has 0 spiro atoms. The number of halogens is 1. The molecule has 0 aliphatic heterocycles. The number of rotatable bonds is 7. The van der Waals surface area contributed by atoms with E-state index in [1.807, 2.05) is 98.9 Å². The zero-order valence-corrected chi connectivity index (χ0v) is 38.9. The number of pyridine rings is 2. The number of hydrogen-bond donors (Lipinski definition) is 1. The fourth-order valence-electron chi connectivity index (χ4n) is 5.81. The van der Waals surface area contributed by atoms with E-state index < -0.39 is 22.6 Å². The summed E-state index contributed by atoms with van der Waals surface area (Å²) in [5, 5.41) is 13.7. The fourth-order valence-corrected chi connectivity index (χ4v) is 9.93. The highest BCUT2D eigenvalue weighted by Crippen LogP contribution is 2.40. The second-order valence-electron chi connectivity index (χ2n) is 17.7. The van der Waals surface area contributed by atoms with Crippen LogP contribution in [0, 0.1) is 0 Å². The van der Waals surface area contributed by atoms with E-state index in [1.54, 1.807) is 0 Å². The number of aliphatic hydroxyl groups excluding tert-OH is 1. The van der Waals surface area contributed by atoms with Crippen LogP contribution in [0.25, 0.3) is 22.1 Å². The molecule has 0 aliphatic carbocycles. The average molecular weight is 842 g/mol. The Morgan fingerprint density at radius 1 is 0.655 bits per heavy atom. The van der Waals surface area contributed by atoms with Crippen LogP contribution in [0.4, 0.5) is 11.4 Å². The average Bonchev–Trinajstić information content (AvgIpc) is 3.75. The minimum absolute atomic E-state index is 0.229. The summed E-state index contributed by atoms with van der Waals surface area (Å²) in [5.41, 5.74) is 6.77. The highest BCUT2D eigenvalue weighted by molar-refractivity contribution is 9.10. The molecule has 11 heteroatoms. The standard InChI is InChI=1S/C22H31N3OSi.C13H19BrN2Si.C9H11NO/c1-22(2,3)27(6,7)25-13-12-17-14-18(15-23-21(17)25)20(26)16-8-10-19(11-9-16)24(4)5;1-13(2,3)17(4,5)16-7-6-10-8-11(14)9-15-12(10)16;1-10(2)9-5-3-8(7-11)4-6-9/h8-15,20,26H,1-7H3;6-9H,1-5H3;3-7H,1-2H3. The lowest BCUT2D eigenvalue weighted by Gasteiger charge is -2.38. The Bertz CT molecular complexity index is 2190. The van der Waals surface area contributed by atoms with E-state index in [-0.39, 0.29) is 5.04 Å². The van der Waals surface area contributed by atoms with Gasteiger partial charge in [-0.05, 0) is 105 Å². The molecule has 8 nitrogen and oxygen atoms in total. The van der Waals surface area contributed by atoms with E-state index in [4.69, 9.17) is 4.98 Å². The van der Waals surface area contributed by atoms with Crippen molar-refractivity contribution in [3.63, 3.8) is 0 Å². The lowest BCUT2D eigenvalue weighted by molar-refractivity contribution is 0.112. The summed E-state index contributed by atoms with van der Waals surface area (Å²) >= 11 is 3.47. The molecule has 0 aliphatic rings. The van der Waals surface area contributed by atoms with E-state index in [9.17, 15) is 9.90 Å².